The number of rotatable bonds is 4. The number of aryl methyl sites for hydroxylation is 1. The Morgan fingerprint density at radius 2 is 1.83 bits per heavy atom. The van der Waals surface area contributed by atoms with Crippen molar-refractivity contribution in [2.24, 2.45) is 5.92 Å². The summed E-state index contributed by atoms with van der Waals surface area (Å²) in [6.45, 7) is 3.12. The molecule has 2 fully saturated rings. The Bertz CT molecular complexity index is 1380. The van der Waals surface area contributed by atoms with Gasteiger partial charge < -0.3 is 10.2 Å². The van der Waals surface area contributed by atoms with Crippen molar-refractivity contribution in [1.82, 2.24) is 19.7 Å². The van der Waals surface area contributed by atoms with Gasteiger partial charge >= 0.3 is 0 Å². The van der Waals surface area contributed by atoms with Crippen LogP contribution in [0.3, 0.4) is 0 Å². The molecular formula is C27H25ClFN5O2. The van der Waals surface area contributed by atoms with Crippen LogP contribution >= 0.6 is 11.6 Å². The third-order valence-corrected chi connectivity index (χ3v) is 6.78. The molecule has 7 nitrogen and oxygen atoms in total. The Hall–Kier alpha value is -3.70. The van der Waals surface area contributed by atoms with Gasteiger partial charge in [-0.05, 0) is 62.4 Å². The largest absolute Gasteiger partial charge is 0.342 e. The summed E-state index contributed by atoms with van der Waals surface area (Å²) in [5.41, 5.74) is 2.21. The van der Waals surface area contributed by atoms with Crippen LogP contribution < -0.4 is 5.32 Å². The zero-order chi connectivity index (χ0) is 25.2. The first-order valence-electron chi connectivity index (χ1n) is 12.0. The molecule has 1 aliphatic carbocycles. The van der Waals surface area contributed by atoms with Gasteiger partial charge in [0.25, 0.3) is 5.91 Å². The lowest BCUT2D eigenvalue weighted by Crippen LogP contribution is -2.40. The maximum Gasteiger partial charge on any atom is 0.276 e. The van der Waals surface area contributed by atoms with E-state index in [1.54, 1.807) is 29.1 Å². The molecule has 0 bridgehead atoms. The lowest BCUT2D eigenvalue weighted by molar-refractivity contribution is -0.133. The van der Waals surface area contributed by atoms with E-state index in [-0.39, 0.29) is 34.4 Å². The molecule has 3 aromatic rings. The summed E-state index contributed by atoms with van der Waals surface area (Å²) >= 11 is 6.36. The highest BCUT2D eigenvalue weighted by Gasteiger charge is 2.36. The summed E-state index contributed by atoms with van der Waals surface area (Å²) in [5.74, 6) is 5.98. The van der Waals surface area contributed by atoms with E-state index in [2.05, 4.69) is 27.2 Å². The number of anilines is 1. The fourth-order valence-corrected chi connectivity index (χ4v) is 4.62. The van der Waals surface area contributed by atoms with Crippen molar-refractivity contribution < 1.29 is 14.0 Å². The minimum atomic E-state index is -0.400. The molecule has 5 rings (SSSR count). The smallest absolute Gasteiger partial charge is 0.276 e. The second-order valence-corrected chi connectivity index (χ2v) is 9.63. The number of aromatic nitrogens is 3. The van der Waals surface area contributed by atoms with Crippen molar-refractivity contribution in [2.75, 3.05) is 18.4 Å². The van der Waals surface area contributed by atoms with Gasteiger partial charge in [0.15, 0.2) is 0 Å². The van der Waals surface area contributed by atoms with Gasteiger partial charge in [-0.3, -0.25) is 14.3 Å². The second-order valence-electron chi connectivity index (χ2n) is 9.22. The molecule has 184 valence electrons. The third kappa shape index (κ3) is 5.26. The van der Waals surface area contributed by atoms with E-state index in [0.29, 0.717) is 42.9 Å². The SMILES string of the molecule is Cc1cc(C#Cc2cccc(F)c2)cnc1NC(=O)c1c(Cl)cnn1C1CCN(C(=O)C2CC2)CC1. The van der Waals surface area contributed by atoms with Gasteiger partial charge in [0.2, 0.25) is 5.91 Å². The number of carbonyl (C=O) groups is 2. The normalized spacial score (nSPS) is 15.8. The van der Waals surface area contributed by atoms with E-state index in [1.165, 1.54) is 18.3 Å². The van der Waals surface area contributed by atoms with Crippen LogP contribution in [0.25, 0.3) is 0 Å². The Labute approximate surface area is 213 Å². The van der Waals surface area contributed by atoms with E-state index < -0.39 is 5.91 Å². The maximum absolute atomic E-state index is 13.4. The summed E-state index contributed by atoms with van der Waals surface area (Å²) in [7, 11) is 0. The average Bonchev–Trinajstić information content (AvgIpc) is 3.65. The molecule has 0 unspecified atom stereocenters. The Morgan fingerprint density at radius 3 is 2.53 bits per heavy atom. The number of likely N-dealkylation sites (tertiary alicyclic amines) is 1. The van der Waals surface area contributed by atoms with Crippen molar-refractivity contribution in [3.8, 4) is 11.8 Å². The van der Waals surface area contributed by atoms with Gasteiger partial charge in [0.05, 0.1) is 17.3 Å². The fraction of sp³-hybridized carbons (Fsp3) is 0.333. The number of piperidine rings is 1. The van der Waals surface area contributed by atoms with Crippen LogP contribution in [0, 0.1) is 30.5 Å². The first-order valence-corrected chi connectivity index (χ1v) is 12.3. The quantitative estimate of drug-likeness (QED) is 0.525. The van der Waals surface area contributed by atoms with Crippen molar-refractivity contribution >= 4 is 29.2 Å². The third-order valence-electron chi connectivity index (χ3n) is 6.50. The Kier molecular flexibility index (Phi) is 6.75. The van der Waals surface area contributed by atoms with Crippen molar-refractivity contribution in [1.29, 1.82) is 0 Å². The zero-order valence-corrected chi connectivity index (χ0v) is 20.6. The van der Waals surface area contributed by atoms with E-state index in [9.17, 15) is 14.0 Å². The standard InChI is InChI=1S/C27H25ClFN5O2/c1-17-13-19(6-5-18-3-2-4-21(29)14-18)15-30-25(17)32-26(35)24-23(28)16-31-34(24)22-9-11-33(12-10-22)27(36)20-7-8-20/h2-4,13-16,20,22H,7-12H2,1H3,(H,30,32,35). The molecule has 1 aliphatic heterocycles. The topological polar surface area (TPSA) is 80.1 Å². The number of pyridine rings is 1. The highest BCUT2D eigenvalue weighted by atomic mass is 35.5. The molecule has 2 aromatic heterocycles. The zero-order valence-electron chi connectivity index (χ0n) is 19.8. The molecule has 1 saturated carbocycles. The molecule has 1 N–H and O–H groups in total. The average molecular weight is 506 g/mol. The van der Waals surface area contributed by atoms with Gasteiger partial charge in [0.1, 0.15) is 17.3 Å². The number of hydrogen-bond acceptors (Lipinski definition) is 4. The predicted molar refractivity (Wildman–Crippen MR) is 134 cm³/mol. The van der Waals surface area contributed by atoms with Gasteiger partial charge in [-0.25, -0.2) is 9.37 Å². The number of benzene rings is 1. The molecule has 2 aliphatic rings. The van der Waals surface area contributed by atoms with Crippen LogP contribution in [0.5, 0.6) is 0 Å². The number of carbonyl (C=O) groups excluding carboxylic acids is 2. The van der Waals surface area contributed by atoms with E-state index in [4.69, 9.17) is 11.6 Å². The minimum Gasteiger partial charge on any atom is -0.342 e. The van der Waals surface area contributed by atoms with Crippen molar-refractivity contribution in [3.05, 3.63) is 75.9 Å². The summed E-state index contributed by atoms with van der Waals surface area (Å²) in [4.78, 5) is 31.8. The number of nitrogens with one attached hydrogen (secondary N) is 1. The van der Waals surface area contributed by atoms with Crippen molar-refractivity contribution in [2.45, 2.75) is 38.6 Å². The first kappa shape index (κ1) is 24.0. The van der Waals surface area contributed by atoms with Crippen LogP contribution in [0.15, 0.2) is 42.7 Å². The molecule has 9 heteroatoms. The van der Waals surface area contributed by atoms with Crippen LogP contribution in [0.4, 0.5) is 10.2 Å². The molecule has 0 spiro atoms. The first-order chi connectivity index (χ1) is 17.4. The van der Waals surface area contributed by atoms with Crippen molar-refractivity contribution in [3.63, 3.8) is 0 Å². The highest BCUT2D eigenvalue weighted by molar-refractivity contribution is 6.34. The van der Waals surface area contributed by atoms with Crippen LogP contribution in [-0.2, 0) is 4.79 Å². The van der Waals surface area contributed by atoms with E-state index in [1.807, 2.05) is 11.8 Å². The molecule has 36 heavy (non-hydrogen) atoms. The number of hydrogen-bond donors (Lipinski definition) is 1. The van der Waals surface area contributed by atoms with Gasteiger partial charge in [-0.1, -0.05) is 29.5 Å². The molecular weight excluding hydrogens is 481 g/mol. The summed E-state index contributed by atoms with van der Waals surface area (Å²) in [6.07, 6.45) is 6.45. The Balaban J connectivity index is 1.27. The molecule has 0 atom stereocenters. The molecule has 3 heterocycles. The maximum atomic E-state index is 13.4. The minimum absolute atomic E-state index is 0.0176. The highest BCUT2D eigenvalue weighted by Crippen LogP contribution is 2.34. The van der Waals surface area contributed by atoms with Gasteiger partial charge in [-0.2, -0.15) is 5.10 Å². The van der Waals surface area contributed by atoms with Crippen LogP contribution in [-0.4, -0.2) is 44.6 Å². The number of halogens is 2. The molecule has 2 amide bonds. The second kappa shape index (κ2) is 10.1. The number of nitrogens with zero attached hydrogens (tertiary/aromatic N) is 4. The summed E-state index contributed by atoms with van der Waals surface area (Å²) in [6, 6.07) is 7.85. The Morgan fingerprint density at radius 1 is 1.08 bits per heavy atom. The van der Waals surface area contributed by atoms with Crippen LogP contribution in [0.2, 0.25) is 5.02 Å². The molecule has 1 aromatic carbocycles. The summed E-state index contributed by atoms with van der Waals surface area (Å²) in [5, 5.41) is 7.47. The van der Waals surface area contributed by atoms with E-state index in [0.717, 1.165) is 18.4 Å². The lowest BCUT2D eigenvalue weighted by atomic mass is 10.0. The molecule has 1 saturated heterocycles. The van der Waals surface area contributed by atoms with Gasteiger partial charge in [0, 0.05) is 36.3 Å². The predicted octanol–water partition coefficient (Wildman–Crippen LogP) is 4.60. The lowest BCUT2D eigenvalue weighted by Gasteiger charge is -2.32. The van der Waals surface area contributed by atoms with Crippen LogP contribution in [0.1, 0.15) is 58.9 Å². The molecule has 0 radical (unpaired) electrons. The van der Waals surface area contributed by atoms with Gasteiger partial charge in [-0.15, -0.1) is 0 Å². The fourth-order valence-electron chi connectivity index (χ4n) is 4.40. The monoisotopic (exact) mass is 505 g/mol. The van der Waals surface area contributed by atoms with E-state index >= 15 is 0 Å². The number of amides is 2. The summed E-state index contributed by atoms with van der Waals surface area (Å²) < 4.78 is 15.0.